The molecule has 1 unspecified atom stereocenters. The topological polar surface area (TPSA) is 29.5 Å². The smallest absolute Gasteiger partial charge is 0.410 e. The van der Waals surface area contributed by atoms with Crippen molar-refractivity contribution < 1.29 is 9.53 Å². The van der Waals surface area contributed by atoms with E-state index < -0.39 is 0 Å². The molecule has 3 heteroatoms. The molecule has 3 nitrogen and oxygen atoms in total. The molecule has 0 spiro atoms. The highest BCUT2D eigenvalue weighted by atomic mass is 16.6. The van der Waals surface area contributed by atoms with Crippen LogP contribution in [0, 0.1) is 0 Å². The third-order valence-electron chi connectivity index (χ3n) is 3.13. The molecule has 1 aromatic rings. The van der Waals surface area contributed by atoms with Crippen molar-refractivity contribution in [1.82, 2.24) is 4.90 Å². The molecule has 1 atom stereocenters. The fourth-order valence-electron chi connectivity index (χ4n) is 2.01. The number of nitrogens with zero attached hydrogens (tertiary/aromatic N) is 1. The van der Waals surface area contributed by atoms with Crippen LogP contribution in [0.5, 0.6) is 0 Å². The largest absolute Gasteiger partial charge is 0.442 e. The standard InChI is InChI=1S/C17H25NO2/c1-6-18(7-2)17(19)20-14(5)16-10-8-9-15(12-16)11-13(3)4/h8-12,14H,6-7H2,1-5H3. The van der Waals surface area contributed by atoms with E-state index in [1.165, 1.54) is 5.57 Å². The van der Waals surface area contributed by atoms with Crippen LogP contribution in [0.15, 0.2) is 29.8 Å². The minimum absolute atomic E-state index is 0.242. The molecule has 0 aromatic heterocycles. The summed E-state index contributed by atoms with van der Waals surface area (Å²) in [6.45, 7) is 11.3. The van der Waals surface area contributed by atoms with Crippen molar-refractivity contribution in [1.29, 1.82) is 0 Å². The van der Waals surface area contributed by atoms with Gasteiger partial charge in [-0.05, 0) is 51.8 Å². The third-order valence-corrected chi connectivity index (χ3v) is 3.13. The quantitative estimate of drug-likeness (QED) is 0.783. The molecule has 0 bridgehead atoms. The van der Waals surface area contributed by atoms with Gasteiger partial charge in [-0.15, -0.1) is 0 Å². The summed E-state index contributed by atoms with van der Waals surface area (Å²) in [7, 11) is 0. The first kappa shape index (κ1) is 16.3. The second-order valence-corrected chi connectivity index (χ2v) is 5.09. The number of allylic oxidation sites excluding steroid dienone is 1. The Balaban J connectivity index is 2.79. The summed E-state index contributed by atoms with van der Waals surface area (Å²) < 4.78 is 5.51. The van der Waals surface area contributed by atoms with Gasteiger partial charge in [-0.25, -0.2) is 4.79 Å². The van der Waals surface area contributed by atoms with Crippen LogP contribution in [0.3, 0.4) is 0 Å². The molecule has 1 amide bonds. The van der Waals surface area contributed by atoms with Gasteiger partial charge in [0.1, 0.15) is 6.10 Å². The van der Waals surface area contributed by atoms with E-state index in [4.69, 9.17) is 4.74 Å². The molecule has 0 saturated carbocycles. The van der Waals surface area contributed by atoms with Crippen LogP contribution in [-0.4, -0.2) is 24.1 Å². The number of hydrogen-bond donors (Lipinski definition) is 0. The van der Waals surface area contributed by atoms with E-state index in [2.05, 4.69) is 32.1 Å². The molecule has 0 N–H and O–H groups in total. The Bertz CT molecular complexity index is 472. The molecule has 0 fully saturated rings. The zero-order valence-electron chi connectivity index (χ0n) is 13.1. The second kappa shape index (κ2) is 7.73. The predicted molar refractivity (Wildman–Crippen MR) is 83.6 cm³/mol. The molecule has 0 radical (unpaired) electrons. The minimum Gasteiger partial charge on any atom is -0.442 e. The van der Waals surface area contributed by atoms with Gasteiger partial charge < -0.3 is 9.64 Å². The van der Waals surface area contributed by atoms with Crippen molar-refractivity contribution in [3.63, 3.8) is 0 Å². The third kappa shape index (κ3) is 4.72. The lowest BCUT2D eigenvalue weighted by atomic mass is 10.1. The monoisotopic (exact) mass is 275 g/mol. The highest BCUT2D eigenvalue weighted by molar-refractivity contribution is 5.68. The van der Waals surface area contributed by atoms with E-state index in [9.17, 15) is 4.79 Å². The lowest BCUT2D eigenvalue weighted by Crippen LogP contribution is -2.31. The second-order valence-electron chi connectivity index (χ2n) is 5.09. The van der Waals surface area contributed by atoms with Gasteiger partial charge in [-0.3, -0.25) is 0 Å². The Kier molecular flexibility index (Phi) is 6.29. The van der Waals surface area contributed by atoms with Crippen LogP contribution in [0.4, 0.5) is 4.79 Å². The van der Waals surface area contributed by atoms with Crippen molar-refractivity contribution in [2.24, 2.45) is 0 Å². The van der Waals surface area contributed by atoms with Crippen LogP contribution >= 0.6 is 0 Å². The van der Waals surface area contributed by atoms with E-state index in [0.717, 1.165) is 11.1 Å². The Morgan fingerprint density at radius 3 is 2.50 bits per heavy atom. The number of rotatable bonds is 5. The van der Waals surface area contributed by atoms with Crippen LogP contribution < -0.4 is 0 Å². The molecular formula is C17H25NO2. The van der Waals surface area contributed by atoms with Gasteiger partial charge in [-0.2, -0.15) is 0 Å². The van der Waals surface area contributed by atoms with Crippen molar-refractivity contribution in [3.8, 4) is 0 Å². The minimum atomic E-state index is -0.255. The summed E-state index contributed by atoms with van der Waals surface area (Å²) >= 11 is 0. The van der Waals surface area contributed by atoms with Crippen LogP contribution in [-0.2, 0) is 4.74 Å². The van der Waals surface area contributed by atoms with Crippen molar-refractivity contribution in [2.75, 3.05) is 13.1 Å². The van der Waals surface area contributed by atoms with E-state index in [-0.39, 0.29) is 12.2 Å². The van der Waals surface area contributed by atoms with Crippen LogP contribution in [0.25, 0.3) is 6.08 Å². The van der Waals surface area contributed by atoms with Crippen molar-refractivity contribution in [2.45, 2.75) is 40.7 Å². The van der Waals surface area contributed by atoms with E-state index >= 15 is 0 Å². The number of hydrogen-bond acceptors (Lipinski definition) is 2. The molecule has 0 aliphatic heterocycles. The zero-order chi connectivity index (χ0) is 15.1. The summed E-state index contributed by atoms with van der Waals surface area (Å²) in [6, 6.07) is 8.09. The maximum atomic E-state index is 11.9. The van der Waals surface area contributed by atoms with Gasteiger partial charge in [0.15, 0.2) is 0 Å². The fraction of sp³-hybridized carbons (Fsp3) is 0.471. The number of carbonyl (C=O) groups is 1. The highest BCUT2D eigenvalue weighted by Gasteiger charge is 2.16. The number of benzene rings is 1. The molecule has 0 aliphatic rings. The molecule has 110 valence electrons. The van der Waals surface area contributed by atoms with Crippen molar-refractivity contribution >= 4 is 12.2 Å². The summed E-state index contributed by atoms with van der Waals surface area (Å²) in [6.07, 6.45) is 1.62. The molecule has 20 heavy (non-hydrogen) atoms. The number of amides is 1. The van der Waals surface area contributed by atoms with Crippen LogP contribution in [0.1, 0.15) is 51.8 Å². The van der Waals surface area contributed by atoms with Gasteiger partial charge in [0.25, 0.3) is 0 Å². The Hall–Kier alpha value is -1.77. The van der Waals surface area contributed by atoms with E-state index in [1.807, 2.05) is 32.9 Å². The summed E-state index contributed by atoms with van der Waals surface area (Å²) in [5.41, 5.74) is 3.39. The zero-order valence-corrected chi connectivity index (χ0v) is 13.1. The van der Waals surface area contributed by atoms with E-state index in [1.54, 1.807) is 4.90 Å². The maximum absolute atomic E-state index is 11.9. The van der Waals surface area contributed by atoms with Crippen LogP contribution in [0.2, 0.25) is 0 Å². The molecule has 1 rings (SSSR count). The first-order valence-electron chi connectivity index (χ1n) is 7.18. The predicted octanol–water partition coefficient (Wildman–Crippen LogP) is 4.65. The molecule has 0 heterocycles. The maximum Gasteiger partial charge on any atom is 0.410 e. The van der Waals surface area contributed by atoms with Gasteiger partial charge in [0.05, 0.1) is 0 Å². The lowest BCUT2D eigenvalue weighted by Gasteiger charge is -2.21. The molecule has 1 aromatic carbocycles. The van der Waals surface area contributed by atoms with Gasteiger partial charge in [0.2, 0.25) is 0 Å². The highest BCUT2D eigenvalue weighted by Crippen LogP contribution is 2.20. The SMILES string of the molecule is CCN(CC)C(=O)OC(C)c1cccc(C=C(C)C)c1. The molecular weight excluding hydrogens is 250 g/mol. The Morgan fingerprint density at radius 2 is 1.95 bits per heavy atom. The van der Waals surface area contributed by atoms with Gasteiger partial charge in [0, 0.05) is 13.1 Å². The summed E-state index contributed by atoms with van der Waals surface area (Å²) in [5.74, 6) is 0. The Morgan fingerprint density at radius 1 is 1.30 bits per heavy atom. The number of carbonyl (C=O) groups excluding carboxylic acids is 1. The van der Waals surface area contributed by atoms with Gasteiger partial charge in [-0.1, -0.05) is 29.8 Å². The van der Waals surface area contributed by atoms with E-state index in [0.29, 0.717) is 13.1 Å². The Labute approximate surface area is 122 Å². The normalized spacial score (nSPS) is 11.7. The average Bonchev–Trinajstić information content (AvgIpc) is 2.39. The fourth-order valence-corrected chi connectivity index (χ4v) is 2.01. The first-order chi connectivity index (χ1) is 9.47. The summed E-state index contributed by atoms with van der Waals surface area (Å²) in [4.78, 5) is 13.6. The van der Waals surface area contributed by atoms with Crippen molar-refractivity contribution in [3.05, 3.63) is 41.0 Å². The molecule has 0 saturated heterocycles. The first-order valence-corrected chi connectivity index (χ1v) is 7.18. The number of ether oxygens (including phenoxy) is 1. The van der Waals surface area contributed by atoms with Gasteiger partial charge >= 0.3 is 6.09 Å². The average molecular weight is 275 g/mol. The molecule has 0 aliphatic carbocycles. The lowest BCUT2D eigenvalue weighted by molar-refractivity contribution is 0.0726. The summed E-state index contributed by atoms with van der Waals surface area (Å²) in [5, 5.41) is 0.